The zero-order chi connectivity index (χ0) is 7.40. The van der Waals surface area contributed by atoms with Crippen molar-refractivity contribution in [3.8, 4) is 0 Å². The van der Waals surface area contributed by atoms with Gasteiger partial charge in [-0.3, -0.25) is 0 Å². The third-order valence-corrected chi connectivity index (χ3v) is 1.46. The van der Waals surface area contributed by atoms with Crippen LogP contribution in [0.3, 0.4) is 0 Å². The standard InChI is InChI=1S/C8H13NO/c1-3-5-7-6-8(4-2)10-9-7/h6H,3-5H2,1-2H3. The van der Waals surface area contributed by atoms with E-state index < -0.39 is 0 Å². The minimum Gasteiger partial charge on any atom is -0.361 e. The van der Waals surface area contributed by atoms with Crippen molar-refractivity contribution >= 4 is 0 Å². The van der Waals surface area contributed by atoms with Crippen LogP contribution < -0.4 is 0 Å². The fourth-order valence-electron chi connectivity index (χ4n) is 0.896. The topological polar surface area (TPSA) is 26.0 Å². The first kappa shape index (κ1) is 7.32. The monoisotopic (exact) mass is 139 g/mol. The highest BCUT2D eigenvalue weighted by Gasteiger charge is 1.99. The number of rotatable bonds is 3. The molecule has 0 aliphatic rings. The van der Waals surface area contributed by atoms with Crippen LogP contribution in [0.5, 0.6) is 0 Å². The van der Waals surface area contributed by atoms with Gasteiger partial charge in [0, 0.05) is 12.5 Å². The number of nitrogens with zero attached hydrogens (tertiary/aromatic N) is 1. The van der Waals surface area contributed by atoms with Crippen molar-refractivity contribution in [2.45, 2.75) is 33.1 Å². The van der Waals surface area contributed by atoms with Gasteiger partial charge >= 0.3 is 0 Å². The molecule has 2 heteroatoms. The van der Waals surface area contributed by atoms with Gasteiger partial charge in [-0.2, -0.15) is 0 Å². The Morgan fingerprint density at radius 1 is 1.50 bits per heavy atom. The van der Waals surface area contributed by atoms with Gasteiger partial charge in [-0.25, -0.2) is 0 Å². The molecule has 0 spiro atoms. The molecule has 1 aromatic heterocycles. The molecule has 2 nitrogen and oxygen atoms in total. The van der Waals surface area contributed by atoms with Crippen LogP contribution in [-0.2, 0) is 12.8 Å². The Bertz CT molecular complexity index is 193. The molecule has 0 bridgehead atoms. The number of aromatic nitrogens is 1. The van der Waals surface area contributed by atoms with Gasteiger partial charge < -0.3 is 4.52 Å². The molecule has 0 aromatic carbocycles. The lowest BCUT2D eigenvalue weighted by atomic mass is 10.2. The Balaban J connectivity index is 2.59. The fraction of sp³-hybridized carbons (Fsp3) is 0.625. The molecule has 1 aromatic rings. The van der Waals surface area contributed by atoms with Crippen LogP contribution in [0, 0.1) is 0 Å². The molecule has 10 heavy (non-hydrogen) atoms. The summed E-state index contributed by atoms with van der Waals surface area (Å²) < 4.78 is 5.02. The first-order valence-electron chi connectivity index (χ1n) is 3.81. The minimum absolute atomic E-state index is 0.941. The maximum absolute atomic E-state index is 5.02. The summed E-state index contributed by atoms with van der Waals surface area (Å²) in [5.74, 6) is 0.989. The molecule has 0 fully saturated rings. The molecule has 56 valence electrons. The van der Waals surface area contributed by atoms with E-state index in [-0.39, 0.29) is 0 Å². The maximum atomic E-state index is 5.02. The summed E-state index contributed by atoms with van der Waals surface area (Å²) in [5, 5.41) is 3.90. The van der Waals surface area contributed by atoms with E-state index in [0.717, 1.165) is 30.7 Å². The van der Waals surface area contributed by atoms with Gasteiger partial charge in [-0.05, 0) is 6.42 Å². The highest BCUT2D eigenvalue weighted by Crippen LogP contribution is 2.05. The summed E-state index contributed by atoms with van der Waals surface area (Å²) in [6.45, 7) is 4.20. The second kappa shape index (κ2) is 3.40. The third kappa shape index (κ3) is 1.59. The van der Waals surface area contributed by atoms with Crippen LogP contribution in [0.25, 0.3) is 0 Å². The lowest BCUT2D eigenvalue weighted by molar-refractivity contribution is 0.380. The molecule has 0 atom stereocenters. The van der Waals surface area contributed by atoms with Crippen molar-refractivity contribution in [1.82, 2.24) is 5.16 Å². The SMILES string of the molecule is CCCc1cc(CC)on1. The lowest BCUT2D eigenvalue weighted by Crippen LogP contribution is -1.79. The average Bonchev–Trinajstić information content (AvgIpc) is 2.37. The second-order valence-corrected chi connectivity index (χ2v) is 2.39. The quantitative estimate of drug-likeness (QED) is 0.641. The molecule has 1 rings (SSSR count). The van der Waals surface area contributed by atoms with Crippen molar-refractivity contribution in [1.29, 1.82) is 0 Å². The molecule has 0 saturated carbocycles. The van der Waals surface area contributed by atoms with E-state index in [2.05, 4.69) is 19.0 Å². The van der Waals surface area contributed by atoms with E-state index >= 15 is 0 Å². The number of aryl methyl sites for hydroxylation is 2. The normalized spacial score (nSPS) is 10.2. The Morgan fingerprint density at radius 2 is 2.30 bits per heavy atom. The van der Waals surface area contributed by atoms with Gasteiger partial charge in [0.05, 0.1) is 5.69 Å². The van der Waals surface area contributed by atoms with Gasteiger partial charge in [0.1, 0.15) is 5.76 Å². The predicted molar refractivity (Wildman–Crippen MR) is 39.9 cm³/mol. The van der Waals surface area contributed by atoms with Gasteiger partial charge in [-0.15, -0.1) is 0 Å². The third-order valence-electron chi connectivity index (χ3n) is 1.46. The maximum Gasteiger partial charge on any atom is 0.136 e. The predicted octanol–water partition coefficient (Wildman–Crippen LogP) is 2.19. The molecule has 0 aliphatic carbocycles. The molecular formula is C8H13NO. The summed E-state index contributed by atoms with van der Waals surface area (Å²) in [5.41, 5.74) is 1.08. The average molecular weight is 139 g/mol. The zero-order valence-electron chi connectivity index (χ0n) is 6.55. The number of hydrogen-bond donors (Lipinski definition) is 0. The van der Waals surface area contributed by atoms with Gasteiger partial charge in [0.15, 0.2) is 0 Å². The van der Waals surface area contributed by atoms with Crippen LogP contribution in [0.1, 0.15) is 31.7 Å². The van der Waals surface area contributed by atoms with Crippen LogP contribution in [-0.4, -0.2) is 5.16 Å². The van der Waals surface area contributed by atoms with E-state index in [0.29, 0.717) is 0 Å². The van der Waals surface area contributed by atoms with Crippen LogP contribution in [0.4, 0.5) is 0 Å². The molecule has 0 aliphatic heterocycles. The van der Waals surface area contributed by atoms with Crippen molar-refractivity contribution in [3.05, 3.63) is 17.5 Å². The molecule has 0 radical (unpaired) electrons. The first-order valence-corrected chi connectivity index (χ1v) is 3.81. The van der Waals surface area contributed by atoms with E-state index in [1.165, 1.54) is 0 Å². The smallest absolute Gasteiger partial charge is 0.136 e. The largest absolute Gasteiger partial charge is 0.361 e. The molecule has 1 heterocycles. The summed E-state index contributed by atoms with van der Waals surface area (Å²) in [4.78, 5) is 0. The first-order chi connectivity index (χ1) is 4.86. The molecule has 0 amide bonds. The van der Waals surface area contributed by atoms with Crippen molar-refractivity contribution in [2.24, 2.45) is 0 Å². The van der Waals surface area contributed by atoms with Gasteiger partial charge in [0.25, 0.3) is 0 Å². The Morgan fingerprint density at radius 3 is 2.80 bits per heavy atom. The highest BCUT2D eigenvalue weighted by molar-refractivity contribution is 5.04. The minimum atomic E-state index is 0.941. The lowest BCUT2D eigenvalue weighted by Gasteiger charge is -1.83. The Labute approximate surface area is 61.2 Å². The van der Waals surface area contributed by atoms with Crippen molar-refractivity contribution in [3.63, 3.8) is 0 Å². The van der Waals surface area contributed by atoms with E-state index in [1.54, 1.807) is 0 Å². The van der Waals surface area contributed by atoms with E-state index in [1.807, 2.05) is 6.07 Å². The van der Waals surface area contributed by atoms with Crippen LogP contribution in [0.2, 0.25) is 0 Å². The van der Waals surface area contributed by atoms with E-state index in [9.17, 15) is 0 Å². The summed E-state index contributed by atoms with van der Waals surface area (Å²) in [7, 11) is 0. The Hall–Kier alpha value is -0.790. The van der Waals surface area contributed by atoms with Gasteiger partial charge in [-0.1, -0.05) is 25.4 Å². The zero-order valence-corrected chi connectivity index (χ0v) is 6.55. The summed E-state index contributed by atoms with van der Waals surface area (Å²) in [6.07, 6.45) is 3.11. The summed E-state index contributed by atoms with van der Waals surface area (Å²) >= 11 is 0. The second-order valence-electron chi connectivity index (χ2n) is 2.39. The van der Waals surface area contributed by atoms with E-state index in [4.69, 9.17) is 4.52 Å². The van der Waals surface area contributed by atoms with Crippen molar-refractivity contribution in [2.75, 3.05) is 0 Å². The van der Waals surface area contributed by atoms with Crippen LogP contribution >= 0.6 is 0 Å². The van der Waals surface area contributed by atoms with Crippen molar-refractivity contribution < 1.29 is 4.52 Å². The van der Waals surface area contributed by atoms with Gasteiger partial charge in [0.2, 0.25) is 0 Å². The summed E-state index contributed by atoms with van der Waals surface area (Å²) in [6, 6.07) is 2.03. The fourth-order valence-corrected chi connectivity index (χ4v) is 0.896. The molecule has 0 unspecified atom stereocenters. The van der Waals surface area contributed by atoms with Crippen LogP contribution in [0.15, 0.2) is 10.6 Å². The Kier molecular flexibility index (Phi) is 2.49. The highest BCUT2D eigenvalue weighted by atomic mass is 16.5. The molecule has 0 N–H and O–H groups in total. The number of hydrogen-bond acceptors (Lipinski definition) is 2. The molecular weight excluding hydrogens is 126 g/mol. The molecule has 0 saturated heterocycles.